The molecule has 0 aliphatic heterocycles. The Kier molecular flexibility index (Phi) is 6.81. The normalized spacial score (nSPS) is 12.3. The van der Waals surface area contributed by atoms with Crippen molar-refractivity contribution >= 4 is 15.9 Å². The first kappa shape index (κ1) is 20.7. The fraction of sp³-hybridized carbons (Fsp3) is 0.316. The molecular weight excluding hydrogens is 368 g/mol. The molecule has 0 bridgehead atoms. The Morgan fingerprint density at radius 3 is 2.30 bits per heavy atom. The van der Waals surface area contributed by atoms with Crippen LogP contribution >= 0.6 is 0 Å². The van der Waals surface area contributed by atoms with E-state index >= 15 is 0 Å². The fourth-order valence-electron chi connectivity index (χ4n) is 2.56. The van der Waals surface area contributed by atoms with Gasteiger partial charge in [-0.2, -0.15) is 0 Å². The molecule has 0 saturated heterocycles. The lowest BCUT2D eigenvalue weighted by atomic mass is 10.1. The predicted octanol–water partition coefficient (Wildman–Crippen LogP) is 2.38. The quantitative estimate of drug-likeness (QED) is 0.719. The lowest BCUT2D eigenvalue weighted by Crippen LogP contribution is -2.27. The fourth-order valence-corrected chi connectivity index (χ4v) is 3.78. The maximum Gasteiger partial charge on any atom is 0.241 e. The van der Waals surface area contributed by atoms with E-state index in [1.807, 2.05) is 0 Å². The smallest absolute Gasteiger partial charge is 0.241 e. The van der Waals surface area contributed by atoms with Crippen LogP contribution in [0.1, 0.15) is 31.0 Å². The number of sulfonamides is 1. The Bertz CT molecular complexity index is 895. The number of methoxy groups -OCH3 is 2. The lowest BCUT2D eigenvalue weighted by Gasteiger charge is -2.18. The van der Waals surface area contributed by atoms with Gasteiger partial charge in [0.25, 0.3) is 0 Å². The molecule has 2 rings (SSSR count). The van der Waals surface area contributed by atoms with E-state index in [0.29, 0.717) is 23.6 Å². The van der Waals surface area contributed by atoms with Crippen LogP contribution in [0.25, 0.3) is 0 Å². The van der Waals surface area contributed by atoms with E-state index < -0.39 is 16.1 Å². The zero-order valence-electron chi connectivity index (χ0n) is 15.8. The molecule has 27 heavy (non-hydrogen) atoms. The molecule has 2 aromatic rings. The molecular formula is C19H24N2O5S. The van der Waals surface area contributed by atoms with Crippen LogP contribution in [-0.4, -0.2) is 28.5 Å². The number of hydrogen-bond donors (Lipinski definition) is 2. The molecule has 0 saturated carbocycles. The molecule has 1 atom stereocenters. The summed E-state index contributed by atoms with van der Waals surface area (Å²) in [5.41, 5.74) is 1.48. The maximum atomic E-state index is 12.7. The third kappa shape index (κ3) is 5.45. The van der Waals surface area contributed by atoms with Gasteiger partial charge in [0, 0.05) is 25.1 Å². The van der Waals surface area contributed by atoms with Crippen molar-refractivity contribution < 1.29 is 22.7 Å². The largest absolute Gasteiger partial charge is 0.497 e. The van der Waals surface area contributed by atoms with Crippen molar-refractivity contribution in [3.05, 3.63) is 53.6 Å². The van der Waals surface area contributed by atoms with Gasteiger partial charge in [-0.3, -0.25) is 4.79 Å². The number of carbonyl (C=O) groups excluding carboxylic acids is 1. The summed E-state index contributed by atoms with van der Waals surface area (Å²) in [7, 11) is -0.661. The Hall–Kier alpha value is -2.58. The second-order valence-corrected chi connectivity index (χ2v) is 7.72. The van der Waals surface area contributed by atoms with Gasteiger partial charge in [0.1, 0.15) is 11.5 Å². The van der Waals surface area contributed by atoms with Crippen molar-refractivity contribution in [2.24, 2.45) is 0 Å². The summed E-state index contributed by atoms with van der Waals surface area (Å²) in [5, 5.41) is 2.67. The Balaban J connectivity index is 2.19. The minimum absolute atomic E-state index is 0.141. The standard InChI is InChI=1S/C19H24N2O5S/c1-13(18-11-16(25-3)7-10-19(18)26-4)21-27(23,24)17-8-5-15(6-9-17)12-20-14(2)22/h5-11,13,21H,12H2,1-4H3,(H,20,22)/t13-/m0/s1. The van der Waals surface area contributed by atoms with E-state index in [1.54, 1.807) is 44.4 Å². The summed E-state index contributed by atoms with van der Waals surface area (Å²) < 4.78 is 38.6. The van der Waals surface area contributed by atoms with Crippen molar-refractivity contribution in [1.82, 2.24) is 10.0 Å². The van der Waals surface area contributed by atoms with Crippen LogP contribution in [0, 0.1) is 0 Å². The van der Waals surface area contributed by atoms with E-state index in [9.17, 15) is 13.2 Å². The summed E-state index contributed by atoms with van der Waals surface area (Å²) in [4.78, 5) is 11.1. The predicted molar refractivity (Wildman–Crippen MR) is 102 cm³/mol. The molecule has 0 radical (unpaired) electrons. The van der Waals surface area contributed by atoms with Gasteiger partial charge >= 0.3 is 0 Å². The monoisotopic (exact) mass is 392 g/mol. The topological polar surface area (TPSA) is 93.7 Å². The van der Waals surface area contributed by atoms with Crippen molar-refractivity contribution in [2.45, 2.75) is 31.3 Å². The second-order valence-electron chi connectivity index (χ2n) is 6.00. The highest BCUT2D eigenvalue weighted by Gasteiger charge is 2.21. The molecule has 0 heterocycles. The van der Waals surface area contributed by atoms with Gasteiger partial charge in [0.05, 0.1) is 19.1 Å². The van der Waals surface area contributed by atoms with Crippen molar-refractivity contribution in [3.63, 3.8) is 0 Å². The zero-order chi connectivity index (χ0) is 20.0. The van der Waals surface area contributed by atoms with Gasteiger partial charge in [-0.25, -0.2) is 13.1 Å². The zero-order valence-corrected chi connectivity index (χ0v) is 16.6. The molecule has 1 amide bonds. The number of rotatable bonds is 8. The molecule has 7 nitrogen and oxygen atoms in total. The van der Waals surface area contributed by atoms with E-state index in [4.69, 9.17) is 9.47 Å². The third-order valence-electron chi connectivity index (χ3n) is 4.01. The van der Waals surface area contributed by atoms with Crippen LogP contribution in [0.2, 0.25) is 0 Å². The van der Waals surface area contributed by atoms with Gasteiger partial charge in [0.15, 0.2) is 0 Å². The summed E-state index contributed by atoms with van der Waals surface area (Å²) in [6.07, 6.45) is 0. The van der Waals surface area contributed by atoms with E-state index in [2.05, 4.69) is 10.0 Å². The average Bonchev–Trinajstić information content (AvgIpc) is 2.65. The summed E-state index contributed by atoms with van der Waals surface area (Å²) in [6, 6.07) is 11.0. The third-order valence-corrected chi connectivity index (χ3v) is 5.57. The van der Waals surface area contributed by atoms with Gasteiger partial charge in [-0.1, -0.05) is 12.1 Å². The molecule has 0 aliphatic rings. The van der Waals surface area contributed by atoms with Crippen LogP contribution in [0.5, 0.6) is 11.5 Å². The molecule has 0 unspecified atom stereocenters. The van der Waals surface area contributed by atoms with Gasteiger partial charge in [-0.15, -0.1) is 0 Å². The lowest BCUT2D eigenvalue weighted by molar-refractivity contribution is -0.119. The summed E-state index contributed by atoms with van der Waals surface area (Å²) in [5.74, 6) is 1.03. The van der Waals surface area contributed by atoms with Crippen LogP contribution < -0.4 is 19.5 Å². The summed E-state index contributed by atoms with van der Waals surface area (Å²) >= 11 is 0. The van der Waals surface area contributed by atoms with Crippen LogP contribution in [-0.2, 0) is 21.4 Å². The van der Waals surface area contributed by atoms with E-state index in [1.165, 1.54) is 26.2 Å². The van der Waals surface area contributed by atoms with Crippen LogP contribution in [0.3, 0.4) is 0 Å². The Morgan fingerprint density at radius 2 is 1.74 bits per heavy atom. The first-order chi connectivity index (χ1) is 12.8. The number of ether oxygens (including phenoxy) is 2. The minimum Gasteiger partial charge on any atom is -0.497 e. The van der Waals surface area contributed by atoms with Crippen molar-refractivity contribution in [2.75, 3.05) is 14.2 Å². The molecule has 146 valence electrons. The molecule has 0 aromatic heterocycles. The molecule has 0 aliphatic carbocycles. The Morgan fingerprint density at radius 1 is 1.07 bits per heavy atom. The number of nitrogens with one attached hydrogen (secondary N) is 2. The van der Waals surface area contributed by atoms with Crippen molar-refractivity contribution in [1.29, 1.82) is 0 Å². The maximum absolute atomic E-state index is 12.7. The number of carbonyl (C=O) groups is 1. The molecule has 0 spiro atoms. The van der Waals surface area contributed by atoms with Gasteiger partial charge in [-0.05, 0) is 42.8 Å². The van der Waals surface area contributed by atoms with Crippen molar-refractivity contribution in [3.8, 4) is 11.5 Å². The van der Waals surface area contributed by atoms with E-state index in [-0.39, 0.29) is 10.8 Å². The van der Waals surface area contributed by atoms with Crippen LogP contribution in [0.4, 0.5) is 0 Å². The second kappa shape index (κ2) is 8.88. The SMILES string of the molecule is COc1ccc(OC)c([C@H](C)NS(=O)(=O)c2ccc(CNC(C)=O)cc2)c1. The highest BCUT2D eigenvalue weighted by atomic mass is 32.2. The van der Waals surface area contributed by atoms with Gasteiger partial charge in [0.2, 0.25) is 15.9 Å². The van der Waals surface area contributed by atoms with E-state index in [0.717, 1.165) is 5.56 Å². The van der Waals surface area contributed by atoms with Gasteiger partial charge < -0.3 is 14.8 Å². The highest BCUT2D eigenvalue weighted by Crippen LogP contribution is 2.30. The molecule has 2 aromatic carbocycles. The number of hydrogen-bond acceptors (Lipinski definition) is 5. The Labute approximate surface area is 159 Å². The average molecular weight is 392 g/mol. The molecule has 0 fully saturated rings. The van der Waals surface area contributed by atoms with Crippen LogP contribution in [0.15, 0.2) is 47.4 Å². The number of amides is 1. The molecule has 8 heteroatoms. The first-order valence-corrected chi connectivity index (χ1v) is 9.82. The summed E-state index contributed by atoms with van der Waals surface area (Å²) in [6.45, 7) is 3.51. The highest BCUT2D eigenvalue weighted by molar-refractivity contribution is 7.89. The molecule has 2 N–H and O–H groups in total. The first-order valence-electron chi connectivity index (χ1n) is 8.34. The minimum atomic E-state index is -3.73. The number of benzene rings is 2.